The Kier molecular flexibility index (Phi) is 5.24. The molecule has 0 saturated heterocycles. The van der Waals surface area contributed by atoms with Crippen molar-refractivity contribution in [2.45, 2.75) is 50.4 Å². The molecule has 1 unspecified atom stereocenters. The van der Waals surface area contributed by atoms with Gasteiger partial charge in [-0.25, -0.2) is 0 Å². The fraction of sp³-hybridized carbons (Fsp3) is 0.800. The van der Waals surface area contributed by atoms with Crippen LogP contribution in [0, 0.1) is 0 Å². The van der Waals surface area contributed by atoms with Crippen LogP contribution in [0.4, 0.5) is 0 Å². The molecule has 1 aromatic rings. The summed E-state index contributed by atoms with van der Waals surface area (Å²) in [4.78, 5) is 2.06. The summed E-state index contributed by atoms with van der Waals surface area (Å²) in [6.45, 7) is 1.46. The van der Waals surface area contributed by atoms with Crippen molar-refractivity contribution >= 4 is 0 Å². The quantitative estimate of drug-likeness (QED) is 0.825. The number of methoxy groups -OCH3 is 1. The first-order chi connectivity index (χ1) is 9.98. The average molecular weight is 297 g/mol. The van der Waals surface area contributed by atoms with Crippen molar-refractivity contribution in [1.82, 2.24) is 14.7 Å². The van der Waals surface area contributed by atoms with Gasteiger partial charge >= 0.3 is 0 Å². The molecule has 1 aromatic heterocycles. The summed E-state index contributed by atoms with van der Waals surface area (Å²) >= 11 is 0. The molecule has 0 spiro atoms. The predicted octanol–water partition coefficient (Wildman–Crippen LogP) is 1.18. The van der Waals surface area contributed by atoms with E-state index in [4.69, 9.17) is 4.74 Å². The van der Waals surface area contributed by atoms with Crippen LogP contribution >= 0.6 is 0 Å². The molecule has 21 heavy (non-hydrogen) atoms. The summed E-state index contributed by atoms with van der Waals surface area (Å²) in [5.74, 6) is 0.542. The van der Waals surface area contributed by atoms with Crippen molar-refractivity contribution in [2.24, 2.45) is 0 Å². The summed E-state index contributed by atoms with van der Waals surface area (Å²) in [5.41, 5.74) is -0.481. The van der Waals surface area contributed by atoms with Crippen LogP contribution in [-0.4, -0.2) is 58.2 Å². The summed E-state index contributed by atoms with van der Waals surface area (Å²) in [6, 6.07) is 0. The second kappa shape index (κ2) is 6.77. The van der Waals surface area contributed by atoms with Gasteiger partial charge in [-0.2, -0.15) is 5.10 Å². The molecule has 1 heterocycles. The molecule has 6 heteroatoms. The molecule has 1 saturated carbocycles. The van der Waals surface area contributed by atoms with Crippen molar-refractivity contribution in [3.8, 4) is 5.75 Å². The highest BCUT2D eigenvalue weighted by molar-refractivity contribution is 5.29. The number of likely N-dealkylation sites (N-methyl/N-ethyl adjacent to an activating group) is 1. The number of rotatable bonds is 6. The normalized spacial score (nSPS) is 19.7. The molecule has 1 fully saturated rings. The molecule has 6 nitrogen and oxygen atoms in total. The van der Waals surface area contributed by atoms with E-state index in [1.54, 1.807) is 18.0 Å². The van der Waals surface area contributed by atoms with Gasteiger partial charge < -0.3 is 19.8 Å². The lowest BCUT2D eigenvalue weighted by molar-refractivity contribution is -0.103. The smallest absolute Gasteiger partial charge is 0.162 e. The molecule has 2 rings (SSSR count). The highest BCUT2D eigenvalue weighted by Gasteiger charge is 2.41. The maximum absolute atomic E-state index is 10.8. The standard InChI is InChI=1S/C15H27N3O3/c1-17(2)9-10-18-13(12(21-3)11-16-18)14(19)15(20)7-5-4-6-8-15/h11,14,19-20H,4-10H2,1-3H3. The Morgan fingerprint density at radius 3 is 2.62 bits per heavy atom. The minimum Gasteiger partial charge on any atom is -0.493 e. The number of ether oxygens (including phenoxy) is 1. The highest BCUT2D eigenvalue weighted by Crippen LogP contribution is 2.41. The van der Waals surface area contributed by atoms with E-state index in [-0.39, 0.29) is 0 Å². The first-order valence-electron chi connectivity index (χ1n) is 7.63. The van der Waals surface area contributed by atoms with Crippen LogP contribution in [0.5, 0.6) is 5.75 Å². The Hall–Kier alpha value is -1.11. The zero-order valence-electron chi connectivity index (χ0n) is 13.2. The lowest BCUT2D eigenvalue weighted by Gasteiger charge is -2.36. The zero-order chi connectivity index (χ0) is 15.5. The van der Waals surface area contributed by atoms with Gasteiger partial charge in [-0.3, -0.25) is 4.68 Å². The number of aromatic nitrogens is 2. The maximum atomic E-state index is 10.8. The van der Waals surface area contributed by atoms with Gasteiger partial charge in [-0.15, -0.1) is 0 Å². The zero-order valence-corrected chi connectivity index (χ0v) is 13.2. The van der Waals surface area contributed by atoms with Crippen molar-refractivity contribution < 1.29 is 14.9 Å². The third-order valence-electron chi connectivity index (χ3n) is 4.31. The van der Waals surface area contributed by atoms with E-state index in [0.29, 0.717) is 30.8 Å². The van der Waals surface area contributed by atoms with Gasteiger partial charge in [0.05, 0.1) is 25.5 Å². The Bertz CT molecular complexity index is 453. The molecule has 1 aliphatic rings. The molecular formula is C15H27N3O3. The molecule has 1 atom stereocenters. The number of nitrogens with zero attached hydrogens (tertiary/aromatic N) is 3. The Morgan fingerprint density at radius 2 is 2.05 bits per heavy atom. The van der Waals surface area contributed by atoms with E-state index in [2.05, 4.69) is 10.00 Å². The van der Waals surface area contributed by atoms with Gasteiger partial charge in [0.1, 0.15) is 11.8 Å². The monoisotopic (exact) mass is 297 g/mol. The number of aliphatic hydroxyl groups is 2. The van der Waals surface area contributed by atoms with Crippen LogP contribution < -0.4 is 4.74 Å². The molecule has 120 valence electrons. The first kappa shape index (κ1) is 16.3. The largest absolute Gasteiger partial charge is 0.493 e. The van der Waals surface area contributed by atoms with Crippen LogP contribution in [0.3, 0.4) is 0 Å². The van der Waals surface area contributed by atoms with E-state index in [9.17, 15) is 10.2 Å². The maximum Gasteiger partial charge on any atom is 0.162 e. The Balaban J connectivity index is 2.25. The SMILES string of the molecule is COc1cnn(CCN(C)C)c1C(O)C1(O)CCCCC1. The number of hydrogen-bond donors (Lipinski definition) is 2. The van der Waals surface area contributed by atoms with Gasteiger partial charge in [-0.05, 0) is 26.9 Å². The predicted molar refractivity (Wildman–Crippen MR) is 80.3 cm³/mol. The number of hydrogen-bond acceptors (Lipinski definition) is 5. The Labute approximate surface area is 126 Å². The van der Waals surface area contributed by atoms with Crippen LogP contribution in [0.1, 0.15) is 43.9 Å². The van der Waals surface area contributed by atoms with Gasteiger partial charge in [0, 0.05) is 6.54 Å². The molecule has 1 aliphatic carbocycles. The minimum absolute atomic E-state index is 0.542. The van der Waals surface area contributed by atoms with E-state index in [1.807, 2.05) is 14.1 Å². The van der Waals surface area contributed by atoms with E-state index in [0.717, 1.165) is 25.8 Å². The molecule has 0 radical (unpaired) electrons. The van der Waals surface area contributed by atoms with Gasteiger partial charge in [0.15, 0.2) is 5.75 Å². The summed E-state index contributed by atoms with van der Waals surface area (Å²) in [6.07, 6.45) is 4.90. The third kappa shape index (κ3) is 3.56. The van der Waals surface area contributed by atoms with Crippen LogP contribution in [0.25, 0.3) is 0 Å². The first-order valence-corrected chi connectivity index (χ1v) is 7.63. The molecule has 0 amide bonds. The second-order valence-corrected chi connectivity index (χ2v) is 6.19. The molecule has 0 bridgehead atoms. The van der Waals surface area contributed by atoms with Crippen molar-refractivity contribution in [2.75, 3.05) is 27.7 Å². The van der Waals surface area contributed by atoms with Crippen LogP contribution in [0.15, 0.2) is 6.20 Å². The molecule has 0 aromatic carbocycles. The van der Waals surface area contributed by atoms with Gasteiger partial charge in [0.2, 0.25) is 0 Å². The van der Waals surface area contributed by atoms with Crippen molar-refractivity contribution in [1.29, 1.82) is 0 Å². The number of aliphatic hydroxyl groups excluding tert-OH is 1. The average Bonchev–Trinajstić information content (AvgIpc) is 2.87. The minimum atomic E-state index is -1.07. The van der Waals surface area contributed by atoms with Gasteiger partial charge in [0.25, 0.3) is 0 Å². The summed E-state index contributed by atoms with van der Waals surface area (Å²) in [5, 5.41) is 25.8. The topological polar surface area (TPSA) is 70.8 Å². The molecular weight excluding hydrogens is 270 g/mol. The van der Waals surface area contributed by atoms with E-state index in [1.165, 1.54) is 0 Å². The Morgan fingerprint density at radius 1 is 1.38 bits per heavy atom. The lowest BCUT2D eigenvalue weighted by atomic mass is 9.79. The van der Waals surface area contributed by atoms with E-state index >= 15 is 0 Å². The lowest BCUT2D eigenvalue weighted by Crippen LogP contribution is -2.39. The fourth-order valence-electron chi connectivity index (χ4n) is 2.98. The summed E-state index contributed by atoms with van der Waals surface area (Å²) in [7, 11) is 5.55. The molecule has 2 N–H and O–H groups in total. The van der Waals surface area contributed by atoms with Crippen molar-refractivity contribution in [3.63, 3.8) is 0 Å². The third-order valence-corrected chi connectivity index (χ3v) is 4.31. The second-order valence-electron chi connectivity index (χ2n) is 6.19. The fourth-order valence-corrected chi connectivity index (χ4v) is 2.98. The van der Waals surface area contributed by atoms with E-state index < -0.39 is 11.7 Å². The molecule has 0 aliphatic heterocycles. The van der Waals surface area contributed by atoms with Crippen LogP contribution in [0.2, 0.25) is 0 Å². The summed E-state index contributed by atoms with van der Waals surface area (Å²) < 4.78 is 7.07. The van der Waals surface area contributed by atoms with Gasteiger partial charge in [-0.1, -0.05) is 19.3 Å². The van der Waals surface area contributed by atoms with Crippen molar-refractivity contribution in [3.05, 3.63) is 11.9 Å². The van der Waals surface area contributed by atoms with Crippen LogP contribution in [-0.2, 0) is 6.54 Å². The highest BCUT2D eigenvalue weighted by atomic mass is 16.5.